The highest BCUT2D eigenvalue weighted by molar-refractivity contribution is 5.77. The maximum Gasteiger partial charge on any atom is 0.183 e. The molecule has 12 heavy (non-hydrogen) atoms. The third-order valence-corrected chi connectivity index (χ3v) is 1.98. The molecule has 70 valence electrons. The summed E-state index contributed by atoms with van der Waals surface area (Å²) in [4.78, 5) is 4.31. The smallest absolute Gasteiger partial charge is 0.183 e. The van der Waals surface area contributed by atoms with Crippen LogP contribution in [-0.2, 0) is 4.74 Å². The summed E-state index contributed by atoms with van der Waals surface area (Å²) in [6, 6.07) is 0. The molecule has 0 radical (unpaired) electrons. The van der Waals surface area contributed by atoms with Crippen molar-refractivity contribution in [2.45, 2.75) is 38.7 Å². The lowest BCUT2D eigenvalue weighted by Gasteiger charge is -2.08. The Morgan fingerprint density at radius 3 is 3.17 bits per heavy atom. The van der Waals surface area contributed by atoms with E-state index >= 15 is 0 Å². The van der Waals surface area contributed by atoms with Gasteiger partial charge in [-0.05, 0) is 19.4 Å². The molecular formula is C9H18N2O. The van der Waals surface area contributed by atoms with Crippen LogP contribution in [0.25, 0.3) is 0 Å². The molecule has 1 rings (SSSR count). The normalized spacial score (nSPS) is 22.2. The van der Waals surface area contributed by atoms with E-state index in [1.165, 1.54) is 6.42 Å². The van der Waals surface area contributed by atoms with Crippen molar-refractivity contribution in [1.82, 2.24) is 0 Å². The summed E-state index contributed by atoms with van der Waals surface area (Å²) in [5.74, 6) is 0.916. The molecule has 1 atom stereocenters. The topological polar surface area (TPSA) is 47.6 Å². The van der Waals surface area contributed by atoms with E-state index in [1.807, 2.05) is 0 Å². The van der Waals surface area contributed by atoms with Crippen molar-refractivity contribution in [2.75, 3.05) is 13.1 Å². The van der Waals surface area contributed by atoms with Gasteiger partial charge < -0.3 is 10.5 Å². The maximum absolute atomic E-state index is 5.60. The molecule has 2 N–H and O–H groups in total. The standard InChI is InChI=1S/C9H18N2O/c1-2-4-8-7-11-9(12-8)5-3-6-10/h8H,2-7,10H2,1H3. The van der Waals surface area contributed by atoms with Gasteiger partial charge in [0.15, 0.2) is 5.90 Å². The van der Waals surface area contributed by atoms with Gasteiger partial charge in [-0.1, -0.05) is 13.3 Å². The van der Waals surface area contributed by atoms with Gasteiger partial charge in [0.2, 0.25) is 0 Å². The second-order valence-corrected chi connectivity index (χ2v) is 3.16. The third-order valence-electron chi connectivity index (χ3n) is 1.98. The van der Waals surface area contributed by atoms with Crippen LogP contribution in [0.4, 0.5) is 0 Å². The van der Waals surface area contributed by atoms with E-state index in [0.717, 1.165) is 38.2 Å². The minimum atomic E-state index is 0.350. The van der Waals surface area contributed by atoms with Crippen molar-refractivity contribution in [3.63, 3.8) is 0 Å². The fourth-order valence-electron chi connectivity index (χ4n) is 1.33. The lowest BCUT2D eigenvalue weighted by molar-refractivity contribution is 0.206. The van der Waals surface area contributed by atoms with Gasteiger partial charge in [0.25, 0.3) is 0 Å². The summed E-state index contributed by atoms with van der Waals surface area (Å²) < 4.78 is 5.60. The molecule has 3 heteroatoms. The van der Waals surface area contributed by atoms with Gasteiger partial charge in [0, 0.05) is 6.42 Å². The van der Waals surface area contributed by atoms with Crippen molar-refractivity contribution in [2.24, 2.45) is 10.7 Å². The van der Waals surface area contributed by atoms with Crippen LogP contribution in [0.3, 0.4) is 0 Å². The van der Waals surface area contributed by atoms with E-state index in [-0.39, 0.29) is 0 Å². The first-order chi connectivity index (χ1) is 5.86. The molecular weight excluding hydrogens is 152 g/mol. The number of aliphatic imine (C=N–C) groups is 1. The van der Waals surface area contributed by atoms with Crippen LogP contribution in [0.2, 0.25) is 0 Å². The van der Waals surface area contributed by atoms with E-state index in [0.29, 0.717) is 6.10 Å². The molecule has 0 saturated carbocycles. The van der Waals surface area contributed by atoms with Crippen LogP contribution >= 0.6 is 0 Å². The van der Waals surface area contributed by atoms with Gasteiger partial charge in [0.05, 0.1) is 6.54 Å². The Morgan fingerprint density at radius 2 is 2.50 bits per heavy atom. The summed E-state index contributed by atoms with van der Waals surface area (Å²) in [6.45, 7) is 3.75. The molecule has 1 aliphatic heterocycles. The molecule has 0 aromatic heterocycles. The van der Waals surface area contributed by atoms with Gasteiger partial charge in [-0.3, -0.25) is 4.99 Å². The lowest BCUT2D eigenvalue weighted by atomic mass is 10.2. The van der Waals surface area contributed by atoms with E-state index in [4.69, 9.17) is 10.5 Å². The van der Waals surface area contributed by atoms with Gasteiger partial charge in [-0.15, -0.1) is 0 Å². The summed E-state index contributed by atoms with van der Waals surface area (Å²) in [7, 11) is 0. The Labute approximate surface area is 74.0 Å². The van der Waals surface area contributed by atoms with Crippen LogP contribution in [-0.4, -0.2) is 25.1 Å². The summed E-state index contributed by atoms with van der Waals surface area (Å²) in [5.41, 5.74) is 5.39. The quantitative estimate of drug-likeness (QED) is 0.676. The van der Waals surface area contributed by atoms with Gasteiger partial charge in [-0.2, -0.15) is 0 Å². The lowest BCUT2D eigenvalue weighted by Crippen LogP contribution is -2.13. The highest BCUT2D eigenvalue weighted by atomic mass is 16.5. The molecule has 1 heterocycles. The molecule has 1 aliphatic rings. The van der Waals surface area contributed by atoms with Gasteiger partial charge in [0.1, 0.15) is 6.10 Å². The predicted octanol–water partition coefficient (Wildman–Crippen LogP) is 1.32. The summed E-state index contributed by atoms with van der Waals surface area (Å²) in [6.07, 6.45) is 4.54. The zero-order chi connectivity index (χ0) is 8.81. The van der Waals surface area contributed by atoms with Crippen LogP contribution in [0, 0.1) is 0 Å². The molecule has 0 spiro atoms. The summed E-state index contributed by atoms with van der Waals surface area (Å²) in [5, 5.41) is 0. The first kappa shape index (κ1) is 9.52. The number of hydrogen-bond donors (Lipinski definition) is 1. The van der Waals surface area contributed by atoms with Crippen molar-refractivity contribution in [1.29, 1.82) is 0 Å². The zero-order valence-electron chi connectivity index (χ0n) is 7.75. The second-order valence-electron chi connectivity index (χ2n) is 3.16. The van der Waals surface area contributed by atoms with Crippen molar-refractivity contribution < 1.29 is 4.74 Å². The molecule has 0 aliphatic carbocycles. The molecule has 0 amide bonds. The Bertz CT molecular complexity index is 157. The SMILES string of the molecule is CCCC1CN=C(CCCN)O1. The van der Waals surface area contributed by atoms with Crippen molar-refractivity contribution in [3.05, 3.63) is 0 Å². The van der Waals surface area contributed by atoms with Crippen molar-refractivity contribution >= 4 is 5.90 Å². The number of nitrogens with two attached hydrogens (primary N) is 1. The van der Waals surface area contributed by atoms with Crippen LogP contribution < -0.4 is 5.73 Å². The average molecular weight is 170 g/mol. The van der Waals surface area contributed by atoms with Crippen LogP contribution in [0.15, 0.2) is 4.99 Å². The monoisotopic (exact) mass is 170 g/mol. The van der Waals surface area contributed by atoms with E-state index in [9.17, 15) is 0 Å². The molecule has 0 saturated heterocycles. The molecule has 0 fully saturated rings. The number of rotatable bonds is 5. The van der Waals surface area contributed by atoms with E-state index in [2.05, 4.69) is 11.9 Å². The molecule has 0 bridgehead atoms. The Hall–Kier alpha value is -0.570. The molecule has 0 aromatic rings. The fraction of sp³-hybridized carbons (Fsp3) is 0.889. The van der Waals surface area contributed by atoms with Crippen LogP contribution in [0.5, 0.6) is 0 Å². The van der Waals surface area contributed by atoms with Crippen molar-refractivity contribution in [3.8, 4) is 0 Å². The number of nitrogens with zero attached hydrogens (tertiary/aromatic N) is 1. The molecule has 0 aromatic carbocycles. The molecule has 1 unspecified atom stereocenters. The highest BCUT2D eigenvalue weighted by Gasteiger charge is 2.17. The van der Waals surface area contributed by atoms with E-state index < -0.39 is 0 Å². The Kier molecular flexibility index (Phi) is 4.08. The fourth-order valence-corrected chi connectivity index (χ4v) is 1.33. The Morgan fingerprint density at radius 1 is 1.67 bits per heavy atom. The molecule has 3 nitrogen and oxygen atoms in total. The third kappa shape index (κ3) is 2.81. The minimum Gasteiger partial charge on any atom is -0.476 e. The number of hydrogen-bond acceptors (Lipinski definition) is 3. The van der Waals surface area contributed by atoms with Gasteiger partial charge in [-0.25, -0.2) is 0 Å². The highest BCUT2D eigenvalue weighted by Crippen LogP contribution is 2.12. The minimum absolute atomic E-state index is 0.350. The first-order valence-electron chi connectivity index (χ1n) is 4.77. The first-order valence-corrected chi connectivity index (χ1v) is 4.77. The Balaban J connectivity index is 2.14. The van der Waals surface area contributed by atoms with Crippen LogP contribution in [0.1, 0.15) is 32.6 Å². The van der Waals surface area contributed by atoms with Gasteiger partial charge >= 0.3 is 0 Å². The maximum atomic E-state index is 5.60. The summed E-state index contributed by atoms with van der Waals surface area (Å²) >= 11 is 0. The second kappa shape index (κ2) is 5.14. The van der Waals surface area contributed by atoms with E-state index in [1.54, 1.807) is 0 Å². The number of ether oxygens (including phenoxy) is 1. The largest absolute Gasteiger partial charge is 0.476 e. The zero-order valence-corrected chi connectivity index (χ0v) is 7.75. The predicted molar refractivity (Wildman–Crippen MR) is 50.4 cm³/mol. The average Bonchev–Trinajstić information content (AvgIpc) is 2.50.